The molecule has 1 fully saturated rings. The van der Waals surface area contributed by atoms with Crippen molar-refractivity contribution in [3.8, 4) is 0 Å². The number of carbonyl (C=O) groups is 2. The topological polar surface area (TPSA) is 49.4 Å². The molecule has 0 unspecified atom stereocenters. The summed E-state index contributed by atoms with van der Waals surface area (Å²) in [4.78, 5) is 25.9. The summed E-state index contributed by atoms with van der Waals surface area (Å²) in [6.07, 6.45) is 0. The van der Waals surface area contributed by atoms with Crippen LogP contribution in [-0.4, -0.2) is 28.8 Å². The van der Waals surface area contributed by atoms with Crippen molar-refractivity contribution in [1.29, 1.82) is 0 Å². The molecule has 1 heterocycles. The van der Waals surface area contributed by atoms with E-state index in [0.29, 0.717) is 6.54 Å². The molecule has 2 aromatic rings. The average molecular weight is 282 g/mol. The van der Waals surface area contributed by atoms with Crippen molar-refractivity contribution in [2.45, 2.75) is 25.9 Å². The van der Waals surface area contributed by atoms with Gasteiger partial charge in [0.05, 0.1) is 6.54 Å². The quantitative estimate of drug-likeness (QED) is 0.916. The highest BCUT2D eigenvalue weighted by molar-refractivity contribution is 5.97. The van der Waals surface area contributed by atoms with Crippen molar-refractivity contribution in [3.05, 3.63) is 48.0 Å². The van der Waals surface area contributed by atoms with Crippen molar-refractivity contribution < 1.29 is 9.59 Å². The number of nitrogens with one attached hydrogen (secondary N) is 1. The highest BCUT2D eigenvalue weighted by Crippen LogP contribution is 2.22. The molecule has 1 aliphatic rings. The lowest BCUT2D eigenvalue weighted by atomic mass is 9.98. The van der Waals surface area contributed by atoms with Crippen LogP contribution < -0.4 is 5.32 Å². The van der Waals surface area contributed by atoms with E-state index in [1.165, 1.54) is 0 Å². The molecule has 0 aromatic heterocycles. The smallest absolute Gasteiger partial charge is 0.248 e. The van der Waals surface area contributed by atoms with Crippen LogP contribution in [0.15, 0.2) is 42.5 Å². The molecule has 0 aliphatic carbocycles. The van der Waals surface area contributed by atoms with Gasteiger partial charge in [0.2, 0.25) is 11.8 Å². The third kappa shape index (κ3) is 2.49. The molecule has 1 saturated heterocycles. The molecule has 0 radical (unpaired) electrons. The third-order valence-electron chi connectivity index (χ3n) is 3.85. The lowest BCUT2D eigenvalue weighted by molar-refractivity contribution is -0.148. The first-order valence-electron chi connectivity index (χ1n) is 7.04. The Morgan fingerprint density at radius 3 is 2.62 bits per heavy atom. The fraction of sp³-hybridized carbons (Fsp3) is 0.294. The van der Waals surface area contributed by atoms with Gasteiger partial charge < -0.3 is 10.2 Å². The third-order valence-corrected chi connectivity index (χ3v) is 3.85. The zero-order chi connectivity index (χ0) is 15.0. The molecule has 4 nitrogen and oxygen atoms in total. The van der Waals surface area contributed by atoms with Crippen LogP contribution in [0.5, 0.6) is 0 Å². The Kier molecular flexibility index (Phi) is 3.16. The van der Waals surface area contributed by atoms with Gasteiger partial charge in [0.1, 0.15) is 5.54 Å². The van der Waals surface area contributed by atoms with Crippen LogP contribution in [0.3, 0.4) is 0 Å². The Hall–Kier alpha value is -2.36. The molecule has 108 valence electrons. The zero-order valence-electron chi connectivity index (χ0n) is 12.2. The van der Waals surface area contributed by atoms with Crippen LogP contribution in [0.4, 0.5) is 0 Å². The van der Waals surface area contributed by atoms with Crippen LogP contribution in [0.25, 0.3) is 10.8 Å². The van der Waals surface area contributed by atoms with E-state index < -0.39 is 5.54 Å². The van der Waals surface area contributed by atoms with E-state index in [1.54, 1.807) is 18.7 Å². The highest BCUT2D eigenvalue weighted by atomic mass is 16.2. The minimum Gasteiger partial charge on any atom is -0.341 e. The summed E-state index contributed by atoms with van der Waals surface area (Å²) in [5, 5.41) is 4.99. The molecular formula is C17H18N2O2. The highest BCUT2D eigenvalue weighted by Gasteiger charge is 2.38. The Balaban J connectivity index is 1.95. The summed E-state index contributed by atoms with van der Waals surface area (Å²) in [5.41, 5.74) is 0.229. The maximum atomic E-state index is 12.4. The van der Waals surface area contributed by atoms with Crippen molar-refractivity contribution >= 4 is 22.6 Å². The first-order chi connectivity index (χ1) is 9.97. The van der Waals surface area contributed by atoms with Gasteiger partial charge in [-0.05, 0) is 30.2 Å². The summed E-state index contributed by atoms with van der Waals surface area (Å²) in [7, 11) is 0. The number of benzene rings is 2. The predicted octanol–water partition coefficient (Wildman–Crippen LogP) is 2.08. The molecule has 2 amide bonds. The van der Waals surface area contributed by atoms with Crippen LogP contribution in [0.2, 0.25) is 0 Å². The van der Waals surface area contributed by atoms with Gasteiger partial charge in [-0.1, -0.05) is 42.5 Å². The van der Waals surface area contributed by atoms with Gasteiger partial charge in [0.15, 0.2) is 0 Å². The van der Waals surface area contributed by atoms with E-state index in [1.807, 2.05) is 42.5 Å². The fourth-order valence-corrected chi connectivity index (χ4v) is 2.85. The normalized spacial score (nSPS) is 17.9. The molecule has 0 atom stereocenters. The second-order valence-corrected chi connectivity index (χ2v) is 5.97. The molecule has 4 heteroatoms. The summed E-state index contributed by atoms with van der Waals surface area (Å²) in [6, 6.07) is 14.1. The second-order valence-electron chi connectivity index (χ2n) is 5.97. The van der Waals surface area contributed by atoms with Crippen LogP contribution >= 0.6 is 0 Å². The van der Waals surface area contributed by atoms with Crippen LogP contribution in [0, 0.1) is 0 Å². The lowest BCUT2D eigenvalue weighted by Crippen LogP contribution is -2.63. The first kappa shape index (κ1) is 13.6. The minimum absolute atomic E-state index is 0.0463. The van der Waals surface area contributed by atoms with Crippen LogP contribution in [-0.2, 0) is 16.1 Å². The number of carbonyl (C=O) groups excluding carboxylic acids is 2. The lowest BCUT2D eigenvalue weighted by Gasteiger charge is -2.37. The zero-order valence-corrected chi connectivity index (χ0v) is 12.2. The summed E-state index contributed by atoms with van der Waals surface area (Å²) >= 11 is 0. The molecule has 0 bridgehead atoms. The number of rotatable bonds is 2. The number of hydrogen-bond acceptors (Lipinski definition) is 2. The fourth-order valence-electron chi connectivity index (χ4n) is 2.85. The standard InChI is InChI=1S/C17H18N2O2/c1-17(2)16(21)19(11-15(20)18-17)10-13-8-5-7-12-6-3-4-9-14(12)13/h3-9H,10-11H2,1-2H3,(H,18,20). The SMILES string of the molecule is CC1(C)NC(=O)CN(Cc2cccc3ccccc23)C1=O. The van der Waals surface area contributed by atoms with Gasteiger partial charge in [-0.3, -0.25) is 9.59 Å². The average Bonchev–Trinajstić information content (AvgIpc) is 2.44. The van der Waals surface area contributed by atoms with Gasteiger partial charge in [-0.25, -0.2) is 0 Å². The first-order valence-corrected chi connectivity index (χ1v) is 7.04. The predicted molar refractivity (Wildman–Crippen MR) is 81.6 cm³/mol. The molecular weight excluding hydrogens is 264 g/mol. The monoisotopic (exact) mass is 282 g/mol. The Morgan fingerprint density at radius 2 is 1.81 bits per heavy atom. The van der Waals surface area contributed by atoms with Crippen LogP contribution in [0.1, 0.15) is 19.4 Å². The molecule has 1 aliphatic heterocycles. The summed E-state index contributed by atoms with van der Waals surface area (Å²) < 4.78 is 0. The molecule has 3 rings (SSSR count). The number of amides is 2. The van der Waals surface area contributed by atoms with E-state index in [4.69, 9.17) is 0 Å². The van der Waals surface area contributed by atoms with E-state index in [0.717, 1.165) is 16.3 Å². The maximum absolute atomic E-state index is 12.4. The van der Waals surface area contributed by atoms with E-state index in [9.17, 15) is 9.59 Å². The number of nitrogens with zero attached hydrogens (tertiary/aromatic N) is 1. The van der Waals surface area contributed by atoms with Gasteiger partial charge in [0.25, 0.3) is 0 Å². The Bertz CT molecular complexity index is 716. The molecule has 1 N–H and O–H groups in total. The molecule has 0 saturated carbocycles. The van der Waals surface area contributed by atoms with Gasteiger partial charge in [-0.2, -0.15) is 0 Å². The van der Waals surface area contributed by atoms with Crippen molar-refractivity contribution in [1.82, 2.24) is 10.2 Å². The largest absolute Gasteiger partial charge is 0.341 e. The number of piperazine rings is 1. The Labute approximate surface area is 123 Å². The second kappa shape index (κ2) is 4.88. The molecule has 2 aromatic carbocycles. The van der Waals surface area contributed by atoms with Gasteiger partial charge in [0, 0.05) is 6.54 Å². The number of fused-ring (bicyclic) bond motifs is 1. The minimum atomic E-state index is -0.833. The van der Waals surface area contributed by atoms with Gasteiger partial charge >= 0.3 is 0 Å². The van der Waals surface area contributed by atoms with Gasteiger partial charge in [-0.15, -0.1) is 0 Å². The van der Waals surface area contributed by atoms with E-state index in [2.05, 4.69) is 5.32 Å². The van der Waals surface area contributed by atoms with Crippen molar-refractivity contribution in [3.63, 3.8) is 0 Å². The van der Waals surface area contributed by atoms with Crippen molar-refractivity contribution in [2.75, 3.05) is 6.54 Å². The van der Waals surface area contributed by atoms with Crippen molar-refractivity contribution in [2.24, 2.45) is 0 Å². The number of hydrogen-bond donors (Lipinski definition) is 1. The summed E-state index contributed by atoms with van der Waals surface area (Å²) in [6.45, 7) is 4.05. The van der Waals surface area contributed by atoms with E-state index >= 15 is 0 Å². The Morgan fingerprint density at radius 1 is 1.10 bits per heavy atom. The molecule has 0 spiro atoms. The van der Waals surface area contributed by atoms with E-state index in [-0.39, 0.29) is 18.4 Å². The summed E-state index contributed by atoms with van der Waals surface area (Å²) in [5.74, 6) is -0.158. The maximum Gasteiger partial charge on any atom is 0.248 e. The molecule has 21 heavy (non-hydrogen) atoms.